The fraction of sp³-hybridized carbons (Fsp3) is 0.156. The first-order chi connectivity index (χ1) is 19.0. The molecule has 0 unspecified atom stereocenters. The first kappa shape index (κ1) is 24.4. The Kier molecular flexibility index (Phi) is 6.32. The highest BCUT2D eigenvalue weighted by Crippen LogP contribution is 2.38. The molecule has 6 rings (SSSR count). The summed E-state index contributed by atoms with van der Waals surface area (Å²) in [5.74, 6) is -1.85. The Balaban J connectivity index is 1.27. The Hall–Kier alpha value is -4.91. The number of pyridine rings is 1. The van der Waals surface area contributed by atoms with E-state index in [9.17, 15) is 19.2 Å². The summed E-state index contributed by atoms with van der Waals surface area (Å²) in [5, 5.41) is 0.611. The number of aromatic nitrogens is 1. The van der Waals surface area contributed by atoms with Gasteiger partial charge < -0.3 is 4.74 Å². The van der Waals surface area contributed by atoms with Crippen LogP contribution in [0.25, 0.3) is 22.2 Å². The van der Waals surface area contributed by atoms with Crippen LogP contribution in [0.4, 0.5) is 5.69 Å². The van der Waals surface area contributed by atoms with Gasteiger partial charge in [-0.3, -0.25) is 19.3 Å². The van der Waals surface area contributed by atoms with Crippen LogP contribution in [0, 0.1) is 11.8 Å². The molecule has 1 aromatic heterocycles. The average molecular weight is 517 g/mol. The number of allylic oxidation sites excluding steroid dienone is 2. The van der Waals surface area contributed by atoms with E-state index >= 15 is 0 Å². The van der Waals surface area contributed by atoms with Crippen LogP contribution in [0.1, 0.15) is 33.6 Å². The Labute approximate surface area is 224 Å². The fourth-order valence-corrected chi connectivity index (χ4v) is 5.24. The number of carbonyl (C=O) groups is 4. The van der Waals surface area contributed by atoms with Crippen LogP contribution in [0.2, 0.25) is 0 Å². The summed E-state index contributed by atoms with van der Waals surface area (Å²) in [5.41, 5.74) is 3.11. The van der Waals surface area contributed by atoms with E-state index in [1.807, 2.05) is 30.4 Å². The van der Waals surface area contributed by atoms with Gasteiger partial charge in [-0.2, -0.15) is 0 Å². The number of ether oxygens (including phenoxy) is 1. The maximum Gasteiger partial charge on any atom is 0.339 e. The molecule has 4 aromatic rings. The van der Waals surface area contributed by atoms with Crippen molar-refractivity contribution in [2.45, 2.75) is 12.8 Å². The van der Waals surface area contributed by atoms with Gasteiger partial charge in [0.25, 0.3) is 0 Å². The lowest BCUT2D eigenvalue weighted by Gasteiger charge is -2.15. The highest BCUT2D eigenvalue weighted by molar-refractivity contribution is 6.22. The van der Waals surface area contributed by atoms with Gasteiger partial charge in [0.2, 0.25) is 11.8 Å². The highest BCUT2D eigenvalue weighted by Gasteiger charge is 2.47. The lowest BCUT2D eigenvalue weighted by molar-refractivity contribution is -0.122. The zero-order valence-corrected chi connectivity index (χ0v) is 20.9. The third-order valence-electron chi connectivity index (χ3n) is 7.30. The fourth-order valence-electron chi connectivity index (χ4n) is 5.24. The topological polar surface area (TPSA) is 93.6 Å². The summed E-state index contributed by atoms with van der Waals surface area (Å²) in [7, 11) is 0. The van der Waals surface area contributed by atoms with Crippen molar-refractivity contribution in [3.8, 4) is 11.3 Å². The minimum Gasteiger partial charge on any atom is -0.454 e. The lowest BCUT2D eigenvalue weighted by atomic mass is 9.85. The van der Waals surface area contributed by atoms with Crippen LogP contribution in [-0.2, 0) is 14.3 Å². The molecule has 2 heterocycles. The molecule has 2 atom stereocenters. The molecule has 0 bridgehead atoms. The molecule has 1 aliphatic carbocycles. The second-order valence-electron chi connectivity index (χ2n) is 9.65. The molecule has 0 spiro atoms. The van der Waals surface area contributed by atoms with Crippen LogP contribution in [0.3, 0.4) is 0 Å². The number of hydrogen-bond acceptors (Lipinski definition) is 6. The van der Waals surface area contributed by atoms with E-state index < -0.39 is 5.97 Å². The molecule has 2 aliphatic rings. The number of fused-ring (bicyclic) bond motifs is 2. The van der Waals surface area contributed by atoms with Gasteiger partial charge in [-0.1, -0.05) is 72.8 Å². The first-order valence-corrected chi connectivity index (χ1v) is 12.8. The highest BCUT2D eigenvalue weighted by atomic mass is 16.5. The molecule has 1 fully saturated rings. The summed E-state index contributed by atoms with van der Waals surface area (Å²) >= 11 is 0. The number of carbonyl (C=O) groups excluding carboxylic acids is 4. The van der Waals surface area contributed by atoms with Gasteiger partial charge in [-0.25, -0.2) is 9.78 Å². The molecule has 0 N–H and O–H groups in total. The second kappa shape index (κ2) is 10.1. The van der Waals surface area contributed by atoms with E-state index in [4.69, 9.17) is 9.72 Å². The van der Waals surface area contributed by atoms with Crippen molar-refractivity contribution in [2.75, 3.05) is 11.5 Å². The van der Waals surface area contributed by atoms with E-state index in [-0.39, 0.29) is 36.0 Å². The van der Waals surface area contributed by atoms with E-state index in [0.29, 0.717) is 51.8 Å². The molecule has 0 radical (unpaired) electrons. The maximum absolute atomic E-state index is 13.1. The average Bonchev–Trinajstić information content (AvgIpc) is 3.25. The summed E-state index contributed by atoms with van der Waals surface area (Å²) < 4.78 is 5.40. The molecule has 7 nitrogen and oxygen atoms in total. The normalized spacial score (nSPS) is 18.3. The van der Waals surface area contributed by atoms with Crippen LogP contribution >= 0.6 is 0 Å². The van der Waals surface area contributed by atoms with Gasteiger partial charge in [-0.15, -0.1) is 0 Å². The van der Waals surface area contributed by atoms with Crippen LogP contribution in [0.5, 0.6) is 0 Å². The van der Waals surface area contributed by atoms with Crippen molar-refractivity contribution in [1.29, 1.82) is 0 Å². The number of ketones is 1. The predicted octanol–water partition coefficient (Wildman–Crippen LogP) is 5.40. The number of esters is 1. The van der Waals surface area contributed by atoms with E-state index in [2.05, 4.69) is 0 Å². The molecule has 0 saturated carbocycles. The number of imide groups is 1. The van der Waals surface area contributed by atoms with E-state index in [1.165, 1.54) is 4.90 Å². The molecule has 39 heavy (non-hydrogen) atoms. The molecular weight excluding hydrogens is 492 g/mol. The van der Waals surface area contributed by atoms with Crippen molar-refractivity contribution >= 4 is 40.2 Å². The number of para-hydroxylation sites is 1. The summed E-state index contributed by atoms with van der Waals surface area (Å²) in [6.45, 7) is -0.376. The zero-order valence-electron chi connectivity index (χ0n) is 20.9. The van der Waals surface area contributed by atoms with Crippen molar-refractivity contribution < 1.29 is 23.9 Å². The van der Waals surface area contributed by atoms with Crippen molar-refractivity contribution in [3.05, 3.63) is 108 Å². The quantitative estimate of drug-likeness (QED) is 0.148. The molecule has 7 heteroatoms. The minimum absolute atomic E-state index is 0.166. The summed E-state index contributed by atoms with van der Waals surface area (Å²) in [4.78, 5) is 57.5. The number of nitrogens with zero attached hydrogens (tertiary/aromatic N) is 2. The van der Waals surface area contributed by atoms with Gasteiger partial charge in [0.05, 0.1) is 34.3 Å². The largest absolute Gasteiger partial charge is 0.454 e. The molecule has 1 aliphatic heterocycles. The second-order valence-corrected chi connectivity index (χ2v) is 9.65. The van der Waals surface area contributed by atoms with Gasteiger partial charge in [0.15, 0.2) is 12.4 Å². The van der Waals surface area contributed by atoms with Crippen molar-refractivity contribution in [1.82, 2.24) is 4.98 Å². The molecular formula is C32H24N2O5. The van der Waals surface area contributed by atoms with Crippen molar-refractivity contribution in [2.24, 2.45) is 11.8 Å². The smallest absolute Gasteiger partial charge is 0.339 e. The Morgan fingerprint density at radius 2 is 1.46 bits per heavy atom. The van der Waals surface area contributed by atoms with E-state index in [0.717, 1.165) is 0 Å². The van der Waals surface area contributed by atoms with Crippen LogP contribution < -0.4 is 4.90 Å². The zero-order chi connectivity index (χ0) is 26.9. The van der Waals surface area contributed by atoms with Gasteiger partial charge in [0.1, 0.15) is 0 Å². The number of anilines is 1. The number of amides is 2. The minimum atomic E-state index is -0.625. The monoisotopic (exact) mass is 516 g/mol. The first-order valence-electron chi connectivity index (χ1n) is 12.8. The van der Waals surface area contributed by atoms with Gasteiger partial charge >= 0.3 is 5.97 Å². The maximum atomic E-state index is 13.1. The Morgan fingerprint density at radius 1 is 0.821 bits per heavy atom. The molecule has 3 aromatic carbocycles. The third kappa shape index (κ3) is 4.52. The molecule has 1 saturated heterocycles. The summed E-state index contributed by atoms with van der Waals surface area (Å²) in [6.07, 6.45) is 5.09. The molecule has 192 valence electrons. The summed E-state index contributed by atoms with van der Waals surface area (Å²) in [6, 6.07) is 24.5. The molecule has 2 amide bonds. The van der Waals surface area contributed by atoms with Crippen LogP contribution in [0.15, 0.2) is 97.1 Å². The SMILES string of the molecule is O=C(COC(=O)c1cc(-c2ccc(N3C(=O)[C@H]4CC=CC[C@@H]4C3=O)cc2)nc2ccccc12)c1ccccc1. The number of rotatable bonds is 6. The van der Waals surface area contributed by atoms with Gasteiger partial charge in [-0.05, 0) is 37.1 Å². The van der Waals surface area contributed by atoms with Crippen molar-refractivity contribution in [3.63, 3.8) is 0 Å². The predicted molar refractivity (Wildman–Crippen MR) is 146 cm³/mol. The van der Waals surface area contributed by atoms with Crippen LogP contribution in [-0.4, -0.2) is 35.2 Å². The van der Waals surface area contributed by atoms with Gasteiger partial charge in [0, 0.05) is 16.5 Å². The number of hydrogen-bond donors (Lipinski definition) is 0. The number of benzene rings is 3. The Morgan fingerprint density at radius 3 is 2.15 bits per heavy atom. The third-order valence-corrected chi connectivity index (χ3v) is 7.30. The Bertz CT molecular complexity index is 1620. The van der Waals surface area contributed by atoms with E-state index in [1.54, 1.807) is 66.7 Å². The lowest BCUT2D eigenvalue weighted by Crippen LogP contribution is -2.30. The standard InChI is InChI=1S/C32H24N2O5/c35-29(21-8-2-1-3-9-21)19-39-32(38)26-18-28(33-27-13-7-6-10-23(26)27)20-14-16-22(17-15-20)34-30(36)24-11-4-5-12-25(24)31(34)37/h1-10,13-18,24-25H,11-12,19H2/t24-,25-/m0/s1. The number of Topliss-reactive ketones (excluding diaryl/α,β-unsaturated/α-hetero) is 1.